The Kier molecular flexibility index (Phi) is 8.10. The van der Waals surface area contributed by atoms with Crippen molar-refractivity contribution in [2.24, 2.45) is 7.05 Å². The zero-order valence-electron chi connectivity index (χ0n) is 19.6. The number of hydrogen-bond acceptors (Lipinski definition) is 6. The molecule has 0 amide bonds. The molecule has 0 unspecified atom stereocenters. The highest BCUT2D eigenvalue weighted by molar-refractivity contribution is 5.67. The average molecular weight is 475 g/mol. The summed E-state index contributed by atoms with van der Waals surface area (Å²) < 4.78 is 4.03. The molecule has 9 heteroatoms. The van der Waals surface area contributed by atoms with Crippen molar-refractivity contribution in [1.82, 2.24) is 24.5 Å². The van der Waals surface area contributed by atoms with E-state index in [9.17, 15) is 0 Å². The van der Waals surface area contributed by atoms with Gasteiger partial charge in [0.15, 0.2) is 18.0 Å². The summed E-state index contributed by atoms with van der Waals surface area (Å²) in [5, 5.41) is 6.22. The first kappa shape index (κ1) is 24.6. The lowest BCUT2D eigenvalue weighted by Crippen LogP contribution is -3.00. The molecule has 34 heavy (non-hydrogen) atoms. The Labute approximate surface area is 205 Å². The molecule has 5 aromatic rings. The van der Waals surface area contributed by atoms with Gasteiger partial charge in [0.25, 0.3) is 5.65 Å². The van der Waals surface area contributed by atoms with Gasteiger partial charge in [-0.15, -0.1) is 4.98 Å². The third-order valence-electron chi connectivity index (χ3n) is 5.01. The summed E-state index contributed by atoms with van der Waals surface area (Å²) in [5.74, 6) is 1.47. The molecule has 0 aliphatic rings. The van der Waals surface area contributed by atoms with Gasteiger partial charge in [0.2, 0.25) is 0 Å². The van der Waals surface area contributed by atoms with Gasteiger partial charge in [0.05, 0.1) is 13.2 Å². The smallest absolute Gasteiger partial charge is 0.322 e. The minimum absolute atomic E-state index is 0. The van der Waals surface area contributed by atoms with E-state index in [-0.39, 0.29) is 12.4 Å². The van der Waals surface area contributed by atoms with Crippen LogP contribution in [0.2, 0.25) is 0 Å². The van der Waals surface area contributed by atoms with Gasteiger partial charge in [-0.3, -0.25) is 0 Å². The molecule has 174 valence electrons. The van der Waals surface area contributed by atoms with Gasteiger partial charge < -0.3 is 23.0 Å². The fraction of sp³-hybridized carbons (Fsp3) is 0.160. The van der Waals surface area contributed by atoms with E-state index in [1.165, 1.54) is 11.1 Å². The van der Waals surface area contributed by atoms with E-state index in [2.05, 4.69) is 79.3 Å². The van der Waals surface area contributed by atoms with E-state index in [1.807, 2.05) is 43.2 Å². The standard InChI is InChI=1S/C13H13N4.C12H14N4.ClH/c1-10-4-3-5-11(8-10)17-9-16(2)12-13(17)15-7-6-14-12;1-9-4-3-5-10(8-9)16-12-11(13-2)14-6-7-15-12;/h3-9H,1-2H3;3-8H,1-2H3,(H,13,14)(H,15,16);1H/q+1;;/p-1. The molecule has 2 aromatic carbocycles. The van der Waals surface area contributed by atoms with Crippen molar-refractivity contribution in [2.75, 3.05) is 17.7 Å². The van der Waals surface area contributed by atoms with Gasteiger partial charge in [-0.25, -0.2) is 24.1 Å². The van der Waals surface area contributed by atoms with Crippen LogP contribution >= 0.6 is 0 Å². The lowest BCUT2D eigenvalue weighted by molar-refractivity contribution is -0.647. The van der Waals surface area contributed by atoms with E-state index in [0.717, 1.165) is 34.3 Å². The monoisotopic (exact) mass is 474 g/mol. The number of halogens is 1. The molecule has 0 atom stereocenters. The molecule has 0 spiro atoms. The van der Waals surface area contributed by atoms with Crippen LogP contribution in [0.1, 0.15) is 11.1 Å². The predicted molar refractivity (Wildman–Crippen MR) is 131 cm³/mol. The molecule has 2 N–H and O–H groups in total. The minimum Gasteiger partial charge on any atom is -1.00 e. The van der Waals surface area contributed by atoms with Gasteiger partial charge in [0.1, 0.15) is 11.9 Å². The second-order valence-electron chi connectivity index (χ2n) is 7.64. The number of nitrogens with one attached hydrogen (secondary N) is 2. The van der Waals surface area contributed by atoms with Gasteiger partial charge >= 0.3 is 5.65 Å². The van der Waals surface area contributed by atoms with E-state index >= 15 is 0 Å². The Bertz CT molecular complexity index is 1380. The number of benzene rings is 2. The van der Waals surface area contributed by atoms with Crippen LogP contribution in [0.25, 0.3) is 17.0 Å². The Morgan fingerprint density at radius 3 is 2.15 bits per heavy atom. The van der Waals surface area contributed by atoms with Crippen LogP contribution in [0, 0.1) is 13.8 Å². The van der Waals surface area contributed by atoms with Crippen LogP contribution in [0.5, 0.6) is 0 Å². The largest absolute Gasteiger partial charge is 1.00 e. The first-order valence-electron chi connectivity index (χ1n) is 10.6. The Morgan fingerprint density at radius 1 is 0.794 bits per heavy atom. The molecule has 3 aromatic heterocycles. The number of fused-ring (bicyclic) bond motifs is 1. The number of nitrogens with zero attached hydrogens (tertiary/aromatic N) is 6. The predicted octanol–water partition coefficient (Wildman–Crippen LogP) is 1.13. The van der Waals surface area contributed by atoms with Crippen molar-refractivity contribution in [3.8, 4) is 5.69 Å². The fourth-order valence-electron chi connectivity index (χ4n) is 3.46. The molecular formula is C25H27ClN8. The van der Waals surface area contributed by atoms with Crippen molar-refractivity contribution < 1.29 is 17.0 Å². The molecule has 5 rings (SSSR count). The summed E-state index contributed by atoms with van der Waals surface area (Å²) in [6.45, 7) is 4.14. The topological polar surface area (TPSA) is 84.4 Å². The van der Waals surface area contributed by atoms with Gasteiger partial charge in [-0.05, 0) is 49.2 Å². The zero-order chi connectivity index (χ0) is 23.2. The number of rotatable bonds is 4. The molecule has 0 aliphatic carbocycles. The maximum atomic E-state index is 4.39. The average Bonchev–Trinajstić information content (AvgIpc) is 3.17. The van der Waals surface area contributed by atoms with Gasteiger partial charge in [-0.1, -0.05) is 24.3 Å². The summed E-state index contributed by atoms with van der Waals surface area (Å²) in [6.07, 6.45) is 8.75. The third kappa shape index (κ3) is 5.65. The van der Waals surface area contributed by atoms with Crippen molar-refractivity contribution in [3.63, 3.8) is 0 Å². The van der Waals surface area contributed by atoms with Crippen molar-refractivity contribution >= 4 is 28.6 Å². The van der Waals surface area contributed by atoms with Crippen molar-refractivity contribution in [3.05, 3.63) is 90.8 Å². The molecular weight excluding hydrogens is 448 g/mol. The van der Waals surface area contributed by atoms with Gasteiger partial charge in [-0.2, -0.15) is 0 Å². The summed E-state index contributed by atoms with van der Waals surface area (Å²) in [6, 6.07) is 16.5. The van der Waals surface area contributed by atoms with E-state index in [4.69, 9.17) is 0 Å². The molecule has 0 aliphatic heterocycles. The molecule has 0 radical (unpaired) electrons. The second kappa shape index (κ2) is 11.2. The van der Waals surface area contributed by atoms with Gasteiger partial charge in [0, 0.05) is 25.1 Å². The van der Waals surface area contributed by atoms with E-state index in [1.54, 1.807) is 24.8 Å². The highest BCUT2D eigenvalue weighted by Crippen LogP contribution is 2.20. The zero-order valence-corrected chi connectivity index (χ0v) is 20.3. The number of aromatic nitrogens is 6. The van der Waals surface area contributed by atoms with Crippen LogP contribution in [0.15, 0.2) is 79.6 Å². The number of imidazole rings is 1. The quantitative estimate of drug-likeness (QED) is 0.380. The summed E-state index contributed by atoms with van der Waals surface area (Å²) in [4.78, 5) is 17.1. The van der Waals surface area contributed by atoms with Crippen LogP contribution in [0.4, 0.5) is 17.3 Å². The summed E-state index contributed by atoms with van der Waals surface area (Å²) in [7, 11) is 3.80. The number of aryl methyl sites for hydroxylation is 3. The van der Waals surface area contributed by atoms with Crippen LogP contribution in [-0.2, 0) is 7.05 Å². The van der Waals surface area contributed by atoms with Crippen molar-refractivity contribution in [1.29, 1.82) is 0 Å². The van der Waals surface area contributed by atoms with E-state index in [0.29, 0.717) is 0 Å². The molecule has 8 nitrogen and oxygen atoms in total. The third-order valence-corrected chi connectivity index (χ3v) is 5.01. The Morgan fingerprint density at radius 2 is 1.44 bits per heavy atom. The second-order valence-corrected chi connectivity index (χ2v) is 7.64. The Hall–Kier alpha value is -4.04. The highest BCUT2D eigenvalue weighted by Gasteiger charge is 2.16. The lowest BCUT2D eigenvalue weighted by Gasteiger charge is -2.09. The lowest BCUT2D eigenvalue weighted by atomic mass is 10.2. The molecule has 0 bridgehead atoms. The normalized spacial score (nSPS) is 10.1. The summed E-state index contributed by atoms with van der Waals surface area (Å²) >= 11 is 0. The maximum absolute atomic E-state index is 4.39. The summed E-state index contributed by atoms with van der Waals surface area (Å²) in [5.41, 5.74) is 6.32. The van der Waals surface area contributed by atoms with Crippen LogP contribution in [0.3, 0.4) is 0 Å². The number of hydrogen-bond donors (Lipinski definition) is 2. The number of anilines is 3. The highest BCUT2D eigenvalue weighted by atomic mass is 35.5. The molecule has 0 saturated carbocycles. The van der Waals surface area contributed by atoms with Crippen LogP contribution in [-0.4, -0.2) is 31.6 Å². The SMILES string of the molecule is CNc1nccnc1Nc1cccc(C)c1.Cc1cccc(-n2c[n+](C)c3nccnc32)c1.[Cl-]. The minimum atomic E-state index is 0. The first-order chi connectivity index (χ1) is 16.0. The molecule has 0 saturated heterocycles. The van der Waals surface area contributed by atoms with E-state index < -0.39 is 0 Å². The van der Waals surface area contributed by atoms with Crippen molar-refractivity contribution in [2.45, 2.75) is 13.8 Å². The fourth-order valence-corrected chi connectivity index (χ4v) is 3.46. The van der Waals surface area contributed by atoms with Crippen LogP contribution < -0.4 is 27.6 Å². The Balaban J connectivity index is 0.000000186. The molecule has 0 fully saturated rings. The first-order valence-corrected chi connectivity index (χ1v) is 10.6. The maximum Gasteiger partial charge on any atom is 0.322 e. The molecule has 3 heterocycles.